The SMILES string of the molecule is Cc1cc2c(cc1F)[C@@](O)(c1ccc(C(C)C)cc1O)C(=O)N2. The summed E-state index contributed by atoms with van der Waals surface area (Å²) in [5.74, 6) is -1.22. The minimum Gasteiger partial charge on any atom is -0.508 e. The Morgan fingerprint density at radius 3 is 2.48 bits per heavy atom. The molecule has 3 N–H and O–H groups in total. The van der Waals surface area contributed by atoms with Crippen molar-refractivity contribution >= 4 is 11.6 Å². The van der Waals surface area contributed by atoms with Gasteiger partial charge in [0.1, 0.15) is 11.6 Å². The van der Waals surface area contributed by atoms with Gasteiger partial charge in [-0.05, 0) is 42.2 Å². The Kier molecular flexibility index (Phi) is 3.41. The van der Waals surface area contributed by atoms with E-state index in [1.165, 1.54) is 18.2 Å². The van der Waals surface area contributed by atoms with E-state index >= 15 is 0 Å². The number of anilines is 1. The van der Waals surface area contributed by atoms with Crippen LogP contribution in [0, 0.1) is 12.7 Å². The number of halogens is 1. The molecule has 1 atom stereocenters. The van der Waals surface area contributed by atoms with Gasteiger partial charge in [-0.3, -0.25) is 4.79 Å². The fraction of sp³-hybridized carbons (Fsp3) is 0.278. The second-order valence-electron chi connectivity index (χ2n) is 6.24. The molecule has 5 heteroatoms. The summed E-state index contributed by atoms with van der Waals surface area (Å²) < 4.78 is 13.9. The van der Waals surface area contributed by atoms with E-state index in [1.54, 1.807) is 13.0 Å². The molecule has 0 aromatic heterocycles. The molecule has 1 aliphatic heterocycles. The van der Waals surface area contributed by atoms with Gasteiger partial charge in [0.2, 0.25) is 0 Å². The summed E-state index contributed by atoms with van der Waals surface area (Å²) in [5.41, 5.74) is -0.358. The van der Waals surface area contributed by atoms with E-state index in [1.807, 2.05) is 13.8 Å². The quantitative estimate of drug-likeness (QED) is 0.797. The Bertz CT molecular complexity index is 816. The molecule has 1 aliphatic rings. The molecule has 23 heavy (non-hydrogen) atoms. The maximum atomic E-state index is 13.9. The lowest BCUT2D eigenvalue weighted by Crippen LogP contribution is -2.35. The molecule has 120 valence electrons. The first-order valence-corrected chi connectivity index (χ1v) is 7.43. The minimum absolute atomic E-state index is 0.0430. The van der Waals surface area contributed by atoms with E-state index in [0.717, 1.165) is 11.6 Å². The average molecular weight is 315 g/mol. The van der Waals surface area contributed by atoms with Crippen LogP contribution in [0.25, 0.3) is 0 Å². The zero-order valence-corrected chi connectivity index (χ0v) is 13.1. The van der Waals surface area contributed by atoms with Crippen LogP contribution in [0.4, 0.5) is 10.1 Å². The summed E-state index contributed by atoms with van der Waals surface area (Å²) in [6, 6.07) is 7.39. The van der Waals surface area contributed by atoms with Crippen LogP contribution < -0.4 is 5.32 Å². The number of fused-ring (bicyclic) bond motifs is 1. The van der Waals surface area contributed by atoms with Gasteiger partial charge in [-0.25, -0.2) is 4.39 Å². The Balaban J connectivity index is 2.20. The van der Waals surface area contributed by atoms with Crippen molar-refractivity contribution in [3.63, 3.8) is 0 Å². The number of amides is 1. The van der Waals surface area contributed by atoms with E-state index in [2.05, 4.69) is 5.32 Å². The number of hydrogen-bond donors (Lipinski definition) is 3. The fourth-order valence-electron chi connectivity index (χ4n) is 2.90. The van der Waals surface area contributed by atoms with Crippen molar-refractivity contribution in [1.29, 1.82) is 0 Å². The summed E-state index contributed by atoms with van der Waals surface area (Å²) >= 11 is 0. The van der Waals surface area contributed by atoms with Gasteiger partial charge in [-0.1, -0.05) is 26.0 Å². The zero-order valence-electron chi connectivity index (χ0n) is 13.1. The molecule has 4 nitrogen and oxygen atoms in total. The first kappa shape index (κ1) is 15.5. The van der Waals surface area contributed by atoms with Crippen LogP contribution >= 0.6 is 0 Å². The number of benzene rings is 2. The highest BCUT2D eigenvalue weighted by Crippen LogP contribution is 2.45. The van der Waals surface area contributed by atoms with Gasteiger partial charge in [0.25, 0.3) is 5.91 Å². The van der Waals surface area contributed by atoms with Crippen molar-refractivity contribution in [3.8, 4) is 5.75 Å². The van der Waals surface area contributed by atoms with Crippen LogP contribution in [0.15, 0.2) is 30.3 Å². The molecular weight excluding hydrogens is 297 g/mol. The van der Waals surface area contributed by atoms with Crippen molar-refractivity contribution < 1.29 is 19.4 Å². The van der Waals surface area contributed by atoms with Gasteiger partial charge in [0, 0.05) is 16.8 Å². The third kappa shape index (κ3) is 2.19. The summed E-state index contributed by atoms with van der Waals surface area (Å²) in [6.45, 7) is 5.52. The van der Waals surface area contributed by atoms with Gasteiger partial charge < -0.3 is 15.5 Å². The van der Waals surface area contributed by atoms with Crippen LogP contribution in [0.1, 0.15) is 42.0 Å². The molecule has 0 bridgehead atoms. The molecule has 0 fully saturated rings. The fourth-order valence-corrected chi connectivity index (χ4v) is 2.90. The van der Waals surface area contributed by atoms with Gasteiger partial charge in [-0.2, -0.15) is 0 Å². The molecule has 0 saturated heterocycles. The van der Waals surface area contributed by atoms with Gasteiger partial charge in [0.05, 0.1) is 0 Å². The molecule has 1 amide bonds. The van der Waals surface area contributed by atoms with Crippen molar-refractivity contribution in [2.75, 3.05) is 5.32 Å². The van der Waals surface area contributed by atoms with Crippen molar-refractivity contribution in [2.45, 2.75) is 32.3 Å². The third-order valence-electron chi connectivity index (χ3n) is 4.34. The molecular formula is C18H18FNO3. The second kappa shape index (κ2) is 5.06. The van der Waals surface area contributed by atoms with Crippen molar-refractivity contribution in [2.24, 2.45) is 0 Å². The number of aryl methyl sites for hydroxylation is 1. The minimum atomic E-state index is -2.11. The highest BCUT2D eigenvalue weighted by atomic mass is 19.1. The number of hydrogen-bond acceptors (Lipinski definition) is 3. The number of carbonyl (C=O) groups is 1. The normalized spacial score (nSPS) is 19.8. The van der Waals surface area contributed by atoms with Gasteiger partial charge in [-0.15, -0.1) is 0 Å². The zero-order chi connectivity index (χ0) is 16.9. The molecule has 0 spiro atoms. The summed E-state index contributed by atoms with van der Waals surface area (Å²) in [5, 5.41) is 23.8. The van der Waals surface area contributed by atoms with E-state index in [9.17, 15) is 19.4 Å². The van der Waals surface area contributed by atoms with Crippen LogP contribution in [0.3, 0.4) is 0 Å². The predicted molar refractivity (Wildman–Crippen MR) is 85.0 cm³/mol. The summed E-state index contributed by atoms with van der Waals surface area (Å²) in [6.07, 6.45) is 0. The van der Waals surface area contributed by atoms with Crippen LogP contribution in [0.2, 0.25) is 0 Å². The van der Waals surface area contributed by atoms with Crippen molar-refractivity contribution in [3.05, 3.63) is 58.4 Å². The highest BCUT2D eigenvalue weighted by Gasteiger charge is 2.48. The Labute approximate surface area is 133 Å². The lowest BCUT2D eigenvalue weighted by molar-refractivity contribution is -0.129. The number of carbonyl (C=O) groups excluding carboxylic acids is 1. The second-order valence-corrected chi connectivity index (χ2v) is 6.24. The third-order valence-corrected chi connectivity index (χ3v) is 4.34. The lowest BCUT2D eigenvalue weighted by atomic mass is 9.85. The Morgan fingerprint density at radius 2 is 1.87 bits per heavy atom. The first-order valence-electron chi connectivity index (χ1n) is 7.43. The highest BCUT2D eigenvalue weighted by molar-refractivity contribution is 6.07. The van der Waals surface area contributed by atoms with Crippen LogP contribution in [0.5, 0.6) is 5.75 Å². The van der Waals surface area contributed by atoms with E-state index in [0.29, 0.717) is 11.3 Å². The molecule has 3 rings (SSSR count). The molecule has 2 aromatic carbocycles. The number of rotatable bonds is 2. The standard InChI is InChI=1S/C18H18FNO3/c1-9(2)11-4-5-12(16(21)7-11)18(23)13-8-14(19)10(3)6-15(13)20-17(18)22/h4-9,21,23H,1-3H3,(H,20,22)/t18-/m0/s1. The smallest absolute Gasteiger partial charge is 0.266 e. The molecule has 0 unspecified atom stereocenters. The van der Waals surface area contributed by atoms with Crippen LogP contribution in [-0.4, -0.2) is 16.1 Å². The number of phenols is 1. The number of aliphatic hydroxyl groups is 1. The predicted octanol–water partition coefficient (Wildman–Crippen LogP) is 3.15. The lowest BCUT2D eigenvalue weighted by Gasteiger charge is -2.23. The van der Waals surface area contributed by atoms with E-state index in [-0.39, 0.29) is 22.8 Å². The summed E-state index contributed by atoms with van der Waals surface area (Å²) in [7, 11) is 0. The summed E-state index contributed by atoms with van der Waals surface area (Å²) in [4.78, 5) is 12.4. The maximum Gasteiger partial charge on any atom is 0.266 e. The van der Waals surface area contributed by atoms with Gasteiger partial charge in [0.15, 0.2) is 5.60 Å². The van der Waals surface area contributed by atoms with Crippen LogP contribution in [-0.2, 0) is 10.4 Å². The maximum absolute atomic E-state index is 13.9. The number of aromatic hydroxyl groups is 1. The van der Waals surface area contributed by atoms with Crippen molar-refractivity contribution in [1.82, 2.24) is 0 Å². The van der Waals surface area contributed by atoms with Gasteiger partial charge >= 0.3 is 0 Å². The number of nitrogens with one attached hydrogen (secondary N) is 1. The number of phenolic OH excluding ortho intramolecular Hbond substituents is 1. The Hall–Kier alpha value is -2.40. The topological polar surface area (TPSA) is 69.6 Å². The molecule has 0 aliphatic carbocycles. The van der Waals surface area contributed by atoms with E-state index in [4.69, 9.17) is 0 Å². The van der Waals surface area contributed by atoms with E-state index < -0.39 is 17.3 Å². The molecule has 0 saturated carbocycles. The molecule has 0 radical (unpaired) electrons. The first-order chi connectivity index (χ1) is 10.7. The largest absolute Gasteiger partial charge is 0.508 e. The molecule has 2 aromatic rings. The monoisotopic (exact) mass is 315 g/mol. The average Bonchev–Trinajstić information content (AvgIpc) is 2.72. The Morgan fingerprint density at radius 1 is 1.17 bits per heavy atom. The molecule has 1 heterocycles.